The van der Waals surface area contributed by atoms with E-state index in [2.05, 4.69) is 41.7 Å². The van der Waals surface area contributed by atoms with E-state index in [0.29, 0.717) is 15.4 Å². The molecule has 7 heteroatoms. The van der Waals surface area contributed by atoms with Crippen molar-refractivity contribution in [3.63, 3.8) is 0 Å². The lowest BCUT2D eigenvalue weighted by Gasteiger charge is -2.30. The van der Waals surface area contributed by atoms with Crippen molar-refractivity contribution in [2.24, 2.45) is 0 Å². The summed E-state index contributed by atoms with van der Waals surface area (Å²) in [6.07, 6.45) is 0. The van der Waals surface area contributed by atoms with E-state index < -0.39 is 13.2 Å². The molecule has 0 fully saturated rings. The monoisotopic (exact) mass is 560 g/mol. The Hall–Kier alpha value is -3.37. The van der Waals surface area contributed by atoms with Gasteiger partial charge in [-0.05, 0) is 55.5 Å². The van der Waals surface area contributed by atoms with Gasteiger partial charge >= 0.3 is 5.97 Å². The van der Waals surface area contributed by atoms with Crippen molar-refractivity contribution in [2.75, 3.05) is 12.9 Å². The Morgan fingerprint density at radius 2 is 1.21 bits per heavy atom. The highest BCUT2D eigenvalue weighted by molar-refractivity contribution is 8.06. The largest absolute Gasteiger partial charge is 0.468 e. The average Bonchev–Trinajstić information content (AvgIpc) is 2.97. The maximum Gasteiger partial charge on any atom is 0.316 e. The molecule has 0 aromatic heterocycles. The molecule has 0 aliphatic heterocycles. The third kappa shape index (κ3) is 6.02. The smallest absolute Gasteiger partial charge is 0.316 e. The SMILES string of the molecule is COC(=O)CSC(Cl)=C(NC(=O)c1ccc(C)cc1)[P+](c1ccccc1)(c1ccccc1)c1ccccc1. The molecule has 0 aliphatic rings. The first kappa shape index (κ1) is 27.7. The zero-order valence-corrected chi connectivity index (χ0v) is 23.6. The van der Waals surface area contributed by atoms with Crippen LogP contribution in [0.3, 0.4) is 0 Å². The summed E-state index contributed by atoms with van der Waals surface area (Å²) in [6.45, 7) is 1.98. The number of aryl methyl sites for hydroxylation is 1. The summed E-state index contributed by atoms with van der Waals surface area (Å²) < 4.78 is 5.20. The quantitative estimate of drug-likeness (QED) is 0.202. The zero-order valence-electron chi connectivity index (χ0n) is 21.1. The second-order valence-electron chi connectivity index (χ2n) is 8.48. The molecule has 0 unspecified atom stereocenters. The Morgan fingerprint density at radius 1 is 0.763 bits per heavy atom. The number of benzene rings is 4. The highest BCUT2D eigenvalue weighted by atomic mass is 35.5. The number of hydrogen-bond donors (Lipinski definition) is 1. The van der Waals surface area contributed by atoms with Gasteiger partial charge in [-0.25, -0.2) is 0 Å². The molecule has 38 heavy (non-hydrogen) atoms. The van der Waals surface area contributed by atoms with Gasteiger partial charge < -0.3 is 4.74 Å². The standard InChI is InChI=1S/C31H27ClNO3PS/c1-23-18-20-24(21-19-23)30(35)33-31(29(32)38-22-28(34)36-2)37(25-12-6-3-7-13-25,26-14-8-4-9-15-26)27-16-10-5-11-17-27/h3-21H,22H2,1-2H3/p+1. The first-order chi connectivity index (χ1) is 18.5. The molecule has 0 bridgehead atoms. The van der Waals surface area contributed by atoms with Crippen LogP contribution in [0.1, 0.15) is 15.9 Å². The van der Waals surface area contributed by atoms with Crippen LogP contribution in [0.2, 0.25) is 0 Å². The van der Waals surface area contributed by atoms with Crippen LogP contribution < -0.4 is 21.2 Å². The fourth-order valence-corrected chi connectivity index (χ4v) is 9.99. The van der Waals surface area contributed by atoms with Crippen LogP contribution in [0.5, 0.6) is 0 Å². The van der Waals surface area contributed by atoms with Crippen molar-refractivity contribution in [2.45, 2.75) is 6.92 Å². The van der Waals surface area contributed by atoms with Crippen LogP contribution in [-0.4, -0.2) is 24.7 Å². The molecular formula is C31H28ClNO3PS+. The summed E-state index contributed by atoms with van der Waals surface area (Å²) in [4.78, 5) is 25.8. The summed E-state index contributed by atoms with van der Waals surface area (Å²) in [7, 11) is -1.39. The number of methoxy groups -OCH3 is 1. The number of hydrogen-bond acceptors (Lipinski definition) is 4. The second-order valence-corrected chi connectivity index (χ2v) is 13.4. The Kier molecular flexibility index (Phi) is 9.41. The van der Waals surface area contributed by atoms with Crippen LogP contribution in [0.4, 0.5) is 0 Å². The van der Waals surface area contributed by atoms with Gasteiger partial charge in [0.25, 0.3) is 5.91 Å². The molecule has 0 saturated heterocycles. The molecule has 4 nitrogen and oxygen atoms in total. The number of halogens is 1. The topological polar surface area (TPSA) is 55.4 Å². The van der Waals surface area contributed by atoms with Crippen molar-refractivity contribution in [1.82, 2.24) is 5.32 Å². The summed E-state index contributed by atoms with van der Waals surface area (Å²) in [5, 5.41) is 6.28. The first-order valence-electron chi connectivity index (χ1n) is 12.0. The number of carbonyl (C=O) groups is 2. The van der Waals surface area contributed by atoms with Crippen LogP contribution in [-0.2, 0) is 9.53 Å². The van der Waals surface area contributed by atoms with E-state index in [1.807, 2.05) is 73.7 Å². The highest BCUT2D eigenvalue weighted by Crippen LogP contribution is 2.63. The summed E-state index contributed by atoms with van der Waals surface area (Å²) in [5.74, 6) is -0.665. The van der Waals surface area contributed by atoms with E-state index in [9.17, 15) is 9.59 Å². The van der Waals surface area contributed by atoms with Gasteiger partial charge in [-0.1, -0.05) is 95.7 Å². The number of nitrogens with one attached hydrogen (secondary N) is 1. The maximum absolute atomic E-state index is 13.7. The molecule has 4 aromatic rings. The number of thioether (sulfide) groups is 1. The minimum Gasteiger partial charge on any atom is -0.468 e. The van der Waals surface area contributed by atoms with Crippen molar-refractivity contribution >= 4 is 58.4 Å². The van der Waals surface area contributed by atoms with Gasteiger partial charge in [-0.2, -0.15) is 0 Å². The molecule has 0 saturated carbocycles. The van der Waals surface area contributed by atoms with Gasteiger partial charge in [0.05, 0.1) is 12.9 Å². The lowest BCUT2D eigenvalue weighted by Crippen LogP contribution is -2.38. The van der Waals surface area contributed by atoms with Crippen molar-refractivity contribution < 1.29 is 14.3 Å². The van der Waals surface area contributed by atoms with Crippen molar-refractivity contribution in [3.8, 4) is 0 Å². The molecular weight excluding hydrogens is 533 g/mol. The summed E-state index contributed by atoms with van der Waals surface area (Å²) in [6, 6.07) is 37.7. The van der Waals surface area contributed by atoms with Crippen LogP contribution in [0.25, 0.3) is 0 Å². The molecule has 0 atom stereocenters. The van der Waals surface area contributed by atoms with Crippen molar-refractivity contribution in [3.05, 3.63) is 136 Å². The van der Waals surface area contributed by atoms with Crippen LogP contribution >= 0.6 is 30.6 Å². The fraction of sp³-hybridized carbons (Fsp3) is 0.0968. The molecule has 1 amide bonds. The van der Waals surface area contributed by atoms with E-state index in [1.54, 1.807) is 12.1 Å². The van der Waals surface area contributed by atoms with Gasteiger partial charge in [-0.15, -0.1) is 0 Å². The molecule has 0 spiro atoms. The molecule has 0 heterocycles. The van der Waals surface area contributed by atoms with E-state index in [1.165, 1.54) is 7.11 Å². The number of esters is 1. The second kappa shape index (κ2) is 12.9. The van der Waals surface area contributed by atoms with Crippen molar-refractivity contribution in [1.29, 1.82) is 0 Å². The van der Waals surface area contributed by atoms with Gasteiger partial charge in [0.2, 0.25) is 5.44 Å². The summed E-state index contributed by atoms with van der Waals surface area (Å²) >= 11 is 8.24. The molecule has 0 aliphatic carbocycles. The van der Waals surface area contributed by atoms with Crippen LogP contribution in [0.15, 0.2) is 125 Å². The number of carbonyl (C=O) groups excluding carboxylic acids is 2. The number of rotatable bonds is 9. The first-order valence-corrected chi connectivity index (χ1v) is 15.2. The lowest BCUT2D eigenvalue weighted by molar-refractivity contribution is -0.137. The van der Waals surface area contributed by atoms with Gasteiger partial charge in [0.1, 0.15) is 20.3 Å². The third-order valence-corrected chi connectivity index (χ3v) is 11.9. The third-order valence-electron chi connectivity index (χ3n) is 6.04. The maximum atomic E-state index is 13.7. The van der Waals surface area contributed by atoms with Crippen LogP contribution in [0, 0.1) is 6.92 Å². The predicted octanol–water partition coefficient (Wildman–Crippen LogP) is 5.99. The fourth-order valence-electron chi connectivity index (χ4n) is 4.19. The van der Waals surface area contributed by atoms with Gasteiger partial charge in [-0.3, -0.25) is 14.9 Å². The lowest BCUT2D eigenvalue weighted by atomic mass is 10.1. The minimum atomic E-state index is -2.73. The Labute approximate surface area is 233 Å². The average molecular weight is 561 g/mol. The number of amides is 1. The Morgan fingerprint density at radius 3 is 1.63 bits per heavy atom. The zero-order chi connectivity index (χ0) is 27.0. The predicted molar refractivity (Wildman–Crippen MR) is 161 cm³/mol. The molecule has 1 N–H and O–H groups in total. The van der Waals surface area contributed by atoms with E-state index in [4.69, 9.17) is 16.3 Å². The van der Waals surface area contributed by atoms with Gasteiger partial charge in [0, 0.05) is 5.56 Å². The minimum absolute atomic E-state index is 0.0115. The molecule has 0 radical (unpaired) electrons. The molecule has 4 rings (SSSR count). The normalized spacial score (nSPS) is 11.9. The Balaban J connectivity index is 2.02. The Bertz CT molecular complexity index is 1320. The summed E-state index contributed by atoms with van der Waals surface area (Å²) in [5.41, 5.74) is 2.15. The van der Waals surface area contributed by atoms with E-state index >= 15 is 0 Å². The molecule has 4 aromatic carbocycles. The van der Waals surface area contributed by atoms with E-state index in [0.717, 1.165) is 33.2 Å². The van der Waals surface area contributed by atoms with E-state index in [-0.39, 0.29) is 11.7 Å². The van der Waals surface area contributed by atoms with Gasteiger partial charge in [0.15, 0.2) is 7.26 Å². The number of ether oxygens (including phenoxy) is 1. The molecule has 192 valence electrons. The highest BCUT2D eigenvalue weighted by Gasteiger charge is 2.52.